The summed E-state index contributed by atoms with van der Waals surface area (Å²) in [6, 6.07) is 0. The van der Waals surface area contributed by atoms with Crippen molar-refractivity contribution in [3.8, 4) is 0 Å². The van der Waals surface area contributed by atoms with Gasteiger partial charge in [0.05, 0.1) is 5.70 Å². The van der Waals surface area contributed by atoms with Crippen molar-refractivity contribution in [1.29, 1.82) is 0 Å². The minimum absolute atomic E-state index is 0. The Morgan fingerprint density at radius 1 is 1.45 bits per heavy atom. The molecule has 0 bridgehead atoms. The lowest BCUT2D eigenvalue weighted by atomic mass is 10.1. The van der Waals surface area contributed by atoms with Crippen molar-refractivity contribution < 1.29 is 6.22 Å². The van der Waals surface area contributed by atoms with Gasteiger partial charge in [-0.3, -0.25) is 4.79 Å². The zero-order chi connectivity index (χ0) is 7.68. The van der Waals surface area contributed by atoms with Crippen LogP contribution in [0.3, 0.4) is 0 Å². The highest BCUT2D eigenvalue weighted by Crippen LogP contribution is 2.17. The molecule has 0 fully saturated rings. The SMILES string of the molecule is O=C1CC=CN2CC=CC=C12.[H+]. The molecule has 11 heavy (non-hydrogen) atoms. The van der Waals surface area contributed by atoms with Crippen molar-refractivity contribution in [3.63, 3.8) is 0 Å². The molecule has 0 aromatic carbocycles. The fraction of sp³-hybridized carbons (Fsp3) is 0.222. The number of nitrogens with zero attached hydrogens (tertiary/aromatic N) is 1. The summed E-state index contributed by atoms with van der Waals surface area (Å²) in [5, 5.41) is 0. The molecular formula is C9H10NO+. The van der Waals surface area contributed by atoms with Crippen molar-refractivity contribution in [3.05, 3.63) is 36.2 Å². The first-order valence-corrected chi connectivity index (χ1v) is 3.71. The summed E-state index contributed by atoms with van der Waals surface area (Å²) in [5.41, 5.74) is 0.829. The lowest BCUT2D eigenvalue weighted by Crippen LogP contribution is -2.27. The molecule has 0 aromatic heterocycles. The Balaban J connectivity index is 0.000000720. The molecule has 56 valence electrons. The van der Waals surface area contributed by atoms with Gasteiger partial charge in [0.15, 0.2) is 5.78 Å². The monoisotopic (exact) mass is 148 g/mol. The van der Waals surface area contributed by atoms with Gasteiger partial charge in [-0.15, -0.1) is 0 Å². The molecule has 0 aromatic rings. The molecule has 0 radical (unpaired) electrons. The maximum Gasteiger partial charge on any atom is 1.00 e. The Morgan fingerprint density at radius 2 is 2.36 bits per heavy atom. The maximum atomic E-state index is 11.2. The van der Waals surface area contributed by atoms with E-state index in [0.717, 1.165) is 12.2 Å². The molecule has 2 rings (SSSR count). The second kappa shape index (κ2) is 2.38. The van der Waals surface area contributed by atoms with Gasteiger partial charge in [-0.05, 0) is 6.08 Å². The number of ketones is 1. The summed E-state index contributed by atoms with van der Waals surface area (Å²) >= 11 is 0. The van der Waals surface area contributed by atoms with Crippen LogP contribution in [-0.4, -0.2) is 17.2 Å². The van der Waals surface area contributed by atoms with E-state index in [1.807, 2.05) is 35.4 Å². The lowest BCUT2D eigenvalue weighted by Gasteiger charge is -2.25. The maximum absolute atomic E-state index is 11.2. The second-order valence-electron chi connectivity index (χ2n) is 2.64. The largest absolute Gasteiger partial charge is 1.00 e. The van der Waals surface area contributed by atoms with E-state index < -0.39 is 0 Å². The second-order valence-corrected chi connectivity index (χ2v) is 2.64. The molecule has 2 aliphatic rings. The van der Waals surface area contributed by atoms with Gasteiger partial charge < -0.3 is 4.90 Å². The minimum atomic E-state index is 0. The van der Waals surface area contributed by atoms with Crippen molar-refractivity contribution in [2.75, 3.05) is 6.54 Å². The van der Waals surface area contributed by atoms with Crippen LogP contribution in [0.5, 0.6) is 0 Å². The summed E-state index contributed by atoms with van der Waals surface area (Å²) in [6.45, 7) is 0.827. The molecule has 0 atom stereocenters. The van der Waals surface area contributed by atoms with Gasteiger partial charge in [0.25, 0.3) is 0 Å². The van der Waals surface area contributed by atoms with E-state index in [1.54, 1.807) is 0 Å². The van der Waals surface area contributed by atoms with Gasteiger partial charge in [-0.25, -0.2) is 0 Å². The quantitative estimate of drug-likeness (QED) is 0.516. The molecule has 0 unspecified atom stereocenters. The minimum Gasteiger partial charge on any atom is -0.342 e. The predicted molar refractivity (Wildman–Crippen MR) is 43.8 cm³/mol. The number of carbonyl (C=O) groups is 1. The average molecular weight is 148 g/mol. The third-order valence-corrected chi connectivity index (χ3v) is 1.88. The molecule has 2 nitrogen and oxygen atoms in total. The summed E-state index contributed by atoms with van der Waals surface area (Å²) in [7, 11) is 0. The summed E-state index contributed by atoms with van der Waals surface area (Å²) in [6.07, 6.45) is 10.3. The zero-order valence-corrected chi connectivity index (χ0v) is 6.16. The topological polar surface area (TPSA) is 20.3 Å². The Hall–Kier alpha value is -1.31. The summed E-state index contributed by atoms with van der Waals surface area (Å²) in [4.78, 5) is 13.2. The van der Waals surface area contributed by atoms with Crippen LogP contribution >= 0.6 is 0 Å². The highest BCUT2D eigenvalue weighted by Gasteiger charge is 2.18. The van der Waals surface area contributed by atoms with Crippen molar-refractivity contribution in [2.24, 2.45) is 0 Å². The molecule has 0 saturated heterocycles. The Morgan fingerprint density at radius 3 is 3.18 bits per heavy atom. The summed E-state index contributed by atoms with van der Waals surface area (Å²) < 4.78 is 0. The van der Waals surface area contributed by atoms with Crippen LogP contribution < -0.4 is 0 Å². The first kappa shape index (κ1) is 6.40. The van der Waals surface area contributed by atoms with Crippen LogP contribution in [0.25, 0.3) is 0 Å². The summed E-state index contributed by atoms with van der Waals surface area (Å²) in [5.74, 6) is 0.219. The van der Waals surface area contributed by atoms with Crippen LogP contribution in [-0.2, 0) is 4.79 Å². The van der Waals surface area contributed by atoms with Crippen LogP contribution in [0.15, 0.2) is 36.2 Å². The molecule has 2 heterocycles. The van der Waals surface area contributed by atoms with Gasteiger partial charge in [0.1, 0.15) is 0 Å². The van der Waals surface area contributed by atoms with Gasteiger partial charge in [-0.1, -0.05) is 18.2 Å². The molecule has 0 amide bonds. The fourth-order valence-corrected chi connectivity index (χ4v) is 1.31. The molecule has 0 saturated carbocycles. The highest BCUT2D eigenvalue weighted by molar-refractivity contribution is 5.97. The average Bonchev–Trinajstić information content (AvgIpc) is 2.06. The van der Waals surface area contributed by atoms with Gasteiger partial charge in [0.2, 0.25) is 0 Å². The van der Waals surface area contributed by atoms with Crippen LogP contribution in [0, 0.1) is 0 Å². The number of rotatable bonds is 0. The van der Waals surface area contributed by atoms with E-state index >= 15 is 0 Å². The molecular weight excluding hydrogens is 138 g/mol. The van der Waals surface area contributed by atoms with Crippen molar-refractivity contribution in [1.82, 2.24) is 4.90 Å². The third-order valence-electron chi connectivity index (χ3n) is 1.88. The number of hydrogen-bond donors (Lipinski definition) is 0. The van der Waals surface area contributed by atoms with Crippen LogP contribution in [0.2, 0.25) is 0 Å². The predicted octanol–water partition coefficient (Wildman–Crippen LogP) is 1.34. The number of allylic oxidation sites excluding steroid dienone is 4. The standard InChI is InChI=1S/C9H9NO/c11-9-5-3-7-10-6-2-1-4-8(9)10/h1-4,7H,5-6H2/p+1. The third kappa shape index (κ3) is 1.00. The normalized spacial score (nSPS) is 21.6. The molecule has 2 aliphatic heterocycles. The lowest BCUT2D eigenvalue weighted by molar-refractivity contribution is -0.116. The van der Waals surface area contributed by atoms with E-state index in [9.17, 15) is 4.79 Å². The molecule has 0 aliphatic carbocycles. The smallest absolute Gasteiger partial charge is 0.342 e. The van der Waals surface area contributed by atoms with Crippen molar-refractivity contribution in [2.45, 2.75) is 6.42 Å². The van der Waals surface area contributed by atoms with Crippen LogP contribution in [0.4, 0.5) is 0 Å². The Bertz CT molecular complexity index is 278. The zero-order valence-electron chi connectivity index (χ0n) is 7.16. The molecule has 2 heteroatoms. The first-order valence-electron chi connectivity index (χ1n) is 3.71. The van der Waals surface area contributed by atoms with E-state index in [-0.39, 0.29) is 7.21 Å². The van der Waals surface area contributed by atoms with Crippen LogP contribution in [0.1, 0.15) is 7.85 Å². The number of Topliss-reactive ketones (excluding diaryl/α,β-unsaturated/α-hetero) is 1. The number of fused-ring (bicyclic) bond motifs is 1. The van der Waals surface area contributed by atoms with Gasteiger partial charge in [0, 0.05) is 19.2 Å². The molecule has 0 N–H and O–H groups in total. The van der Waals surface area contributed by atoms with E-state index in [0.29, 0.717) is 6.42 Å². The Kier molecular flexibility index (Phi) is 1.39. The van der Waals surface area contributed by atoms with Gasteiger partial charge in [-0.2, -0.15) is 0 Å². The highest BCUT2D eigenvalue weighted by atomic mass is 16.1. The molecule has 0 spiro atoms. The number of hydrogen-bond acceptors (Lipinski definition) is 2. The van der Waals surface area contributed by atoms with E-state index in [4.69, 9.17) is 0 Å². The van der Waals surface area contributed by atoms with Crippen molar-refractivity contribution >= 4 is 5.78 Å². The van der Waals surface area contributed by atoms with E-state index in [2.05, 4.69) is 0 Å². The fourth-order valence-electron chi connectivity index (χ4n) is 1.31. The van der Waals surface area contributed by atoms with E-state index in [1.165, 1.54) is 0 Å². The van der Waals surface area contributed by atoms with Gasteiger partial charge >= 0.3 is 1.43 Å². The number of carbonyl (C=O) groups excluding carboxylic acids is 1. The Labute approximate surface area is 67.0 Å². The first-order chi connectivity index (χ1) is 5.38.